The van der Waals surface area contributed by atoms with E-state index in [4.69, 9.17) is 16.0 Å². The second-order valence-electron chi connectivity index (χ2n) is 5.59. The standard InChI is InChI=1S/C17H18ClN3O2S/c1-4-10(5-2)16-20-21-17(24-16)19-15(22)13-9(3)11-7-6-8-12(18)14(11)23-13/h6-8,10H,4-5H2,1-3H3,(H,19,21,22). The highest BCUT2D eigenvalue weighted by molar-refractivity contribution is 7.15. The number of carbonyl (C=O) groups excluding carboxylic acids is 1. The van der Waals surface area contributed by atoms with Crippen molar-refractivity contribution in [1.29, 1.82) is 0 Å². The van der Waals surface area contributed by atoms with Crippen LogP contribution < -0.4 is 5.32 Å². The summed E-state index contributed by atoms with van der Waals surface area (Å²) in [5.74, 6) is 0.282. The molecule has 0 saturated carbocycles. The molecule has 0 aliphatic heterocycles. The molecular weight excluding hydrogens is 346 g/mol. The number of para-hydroxylation sites is 1. The molecule has 0 radical (unpaired) electrons. The number of furan rings is 1. The molecule has 126 valence electrons. The topological polar surface area (TPSA) is 68.0 Å². The number of nitrogens with zero attached hydrogens (tertiary/aromatic N) is 2. The maximum absolute atomic E-state index is 12.5. The van der Waals surface area contributed by atoms with Crippen LogP contribution in [0.2, 0.25) is 5.02 Å². The van der Waals surface area contributed by atoms with Crippen molar-refractivity contribution in [2.45, 2.75) is 39.5 Å². The molecule has 24 heavy (non-hydrogen) atoms. The molecular formula is C17H18ClN3O2S. The number of hydrogen-bond donors (Lipinski definition) is 1. The minimum Gasteiger partial charge on any atom is -0.449 e. The maximum Gasteiger partial charge on any atom is 0.293 e. The first-order chi connectivity index (χ1) is 11.5. The van der Waals surface area contributed by atoms with E-state index in [1.165, 1.54) is 11.3 Å². The maximum atomic E-state index is 12.5. The summed E-state index contributed by atoms with van der Waals surface area (Å²) in [4.78, 5) is 12.5. The van der Waals surface area contributed by atoms with Gasteiger partial charge < -0.3 is 4.42 Å². The summed E-state index contributed by atoms with van der Waals surface area (Å²) in [7, 11) is 0. The summed E-state index contributed by atoms with van der Waals surface area (Å²) in [5.41, 5.74) is 1.28. The Morgan fingerprint density at radius 2 is 2.08 bits per heavy atom. The highest BCUT2D eigenvalue weighted by Crippen LogP contribution is 2.32. The Kier molecular flexibility index (Phi) is 4.87. The summed E-state index contributed by atoms with van der Waals surface area (Å²) in [6.45, 7) is 6.08. The van der Waals surface area contributed by atoms with Crippen molar-refractivity contribution in [3.63, 3.8) is 0 Å². The van der Waals surface area contributed by atoms with Gasteiger partial charge in [0.2, 0.25) is 5.13 Å². The number of nitrogens with one attached hydrogen (secondary N) is 1. The fraction of sp³-hybridized carbons (Fsp3) is 0.353. The van der Waals surface area contributed by atoms with Crippen molar-refractivity contribution >= 4 is 44.9 Å². The first kappa shape index (κ1) is 16.9. The van der Waals surface area contributed by atoms with Gasteiger partial charge in [-0.3, -0.25) is 10.1 Å². The number of benzene rings is 1. The molecule has 1 amide bonds. The summed E-state index contributed by atoms with van der Waals surface area (Å²) < 4.78 is 5.67. The van der Waals surface area contributed by atoms with E-state index < -0.39 is 0 Å². The molecule has 3 rings (SSSR count). The molecule has 0 aliphatic rings. The summed E-state index contributed by atoms with van der Waals surface area (Å²) in [6, 6.07) is 5.45. The van der Waals surface area contributed by atoms with Gasteiger partial charge in [-0.2, -0.15) is 0 Å². The average Bonchev–Trinajstić information content (AvgIpc) is 3.15. The van der Waals surface area contributed by atoms with Crippen molar-refractivity contribution in [2.75, 3.05) is 5.32 Å². The number of hydrogen-bond acceptors (Lipinski definition) is 5. The van der Waals surface area contributed by atoms with E-state index in [1.54, 1.807) is 6.07 Å². The SMILES string of the molecule is CCC(CC)c1nnc(NC(=O)c2oc3c(Cl)cccc3c2C)s1. The Labute approximate surface area is 149 Å². The lowest BCUT2D eigenvalue weighted by molar-refractivity contribution is 0.0998. The zero-order valence-corrected chi connectivity index (χ0v) is 15.3. The normalized spacial score (nSPS) is 11.4. The van der Waals surface area contributed by atoms with E-state index >= 15 is 0 Å². The van der Waals surface area contributed by atoms with E-state index in [0.717, 1.165) is 28.8 Å². The quantitative estimate of drug-likeness (QED) is 0.658. The second kappa shape index (κ2) is 6.91. The molecule has 0 bridgehead atoms. The fourth-order valence-corrected chi connectivity index (χ4v) is 3.89. The molecule has 2 heterocycles. The fourth-order valence-electron chi connectivity index (χ4n) is 2.67. The van der Waals surface area contributed by atoms with Crippen LogP contribution in [0.3, 0.4) is 0 Å². The molecule has 0 atom stereocenters. The first-order valence-corrected chi connectivity index (χ1v) is 9.06. The smallest absolute Gasteiger partial charge is 0.293 e. The van der Waals surface area contributed by atoms with Gasteiger partial charge in [-0.25, -0.2) is 0 Å². The molecule has 0 unspecified atom stereocenters. The third-order valence-corrected chi connectivity index (χ3v) is 5.42. The van der Waals surface area contributed by atoms with Crippen molar-refractivity contribution < 1.29 is 9.21 Å². The Hall–Kier alpha value is -1.92. The molecule has 3 aromatic rings. The highest BCUT2D eigenvalue weighted by atomic mass is 35.5. The molecule has 2 aromatic heterocycles. The number of amides is 1. The summed E-state index contributed by atoms with van der Waals surface area (Å²) in [5, 5.41) is 13.8. The van der Waals surface area contributed by atoms with Crippen molar-refractivity contribution in [3.8, 4) is 0 Å². The first-order valence-electron chi connectivity index (χ1n) is 7.87. The van der Waals surface area contributed by atoms with Gasteiger partial charge in [-0.15, -0.1) is 10.2 Å². The molecule has 5 nitrogen and oxygen atoms in total. The van der Waals surface area contributed by atoms with E-state index in [1.807, 2.05) is 19.1 Å². The molecule has 1 N–H and O–H groups in total. The van der Waals surface area contributed by atoms with Gasteiger partial charge in [0.25, 0.3) is 5.91 Å². The van der Waals surface area contributed by atoms with Gasteiger partial charge in [0.1, 0.15) is 5.01 Å². The van der Waals surface area contributed by atoms with Crippen molar-refractivity contribution in [3.05, 3.63) is 39.6 Å². The number of rotatable bonds is 5. The number of aryl methyl sites for hydroxylation is 1. The minimum absolute atomic E-state index is 0.248. The molecule has 0 aliphatic carbocycles. The Bertz CT molecular complexity index is 883. The third kappa shape index (κ3) is 3.03. The van der Waals surface area contributed by atoms with Crippen LogP contribution in [0.5, 0.6) is 0 Å². The van der Waals surface area contributed by atoms with E-state index in [-0.39, 0.29) is 11.7 Å². The molecule has 0 fully saturated rings. The lowest BCUT2D eigenvalue weighted by Crippen LogP contribution is -2.11. The lowest BCUT2D eigenvalue weighted by Gasteiger charge is -2.05. The lowest BCUT2D eigenvalue weighted by atomic mass is 10.1. The zero-order valence-electron chi connectivity index (χ0n) is 13.7. The van der Waals surface area contributed by atoms with Crippen LogP contribution in [-0.4, -0.2) is 16.1 Å². The van der Waals surface area contributed by atoms with Gasteiger partial charge in [0.05, 0.1) is 5.02 Å². The minimum atomic E-state index is -0.341. The number of anilines is 1. The van der Waals surface area contributed by atoms with Crippen LogP contribution in [0.15, 0.2) is 22.6 Å². The average molecular weight is 364 g/mol. The monoisotopic (exact) mass is 363 g/mol. The van der Waals surface area contributed by atoms with Crippen LogP contribution in [0, 0.1) is 6.92 Å². The van der Waals surface area contributed by atoms with Crippen LogP contribution in [0.25, 0.3) is 11.0 Å². The van der Waals surface area contributed by atoms with Crippen LogP contribution >= 0.6 is 22.9 Å². The second-order valence-corrected chi connectivity index (χ2v) is 7.00. The van der Waals surface area contributed by atoms with E-state index in [0.29, 0.717) is 21.7 Å². The number of carbonyl (C=O) groups is 1. The zero-order chi connectivity index (χ0) is 17.3. The van der Waals surface area contributed by atoms with E-state index in [9.17, 15) is 4.79 Å². The van der Waals surface area contributed by atoms with Gasteiger partial charge in [-0.05, 0) is 25.8 Å². The van der Waals surface area contributed by atoms with Gasteiger partial charge in [0.15, 0.2) is 11.3 Å². The van der Waals surface area contributed by atoms with Crippen LogP contribution in [-0.2, 0) is 0 Å². The highest BCUT2D eigenvalue weighted by Gasteiger charge is 2.21. The van der Waals surface area contributed by atoms with Crippen molar-refractivity contribution in [1.82, 2.24) is 10.2 Å². The molecule has 7 heteroatoms. The Morgan fingerprint density at radius 1 is 1.33 bits per heavy atom. The summed E-state index contributed by atoms with van der Waals surface area (Å²) >= 11 is 7.54. The van der Waals surface area contributed by atoms with Crippen LogP contribution in [0.4, 0.5) is 5.13 Å². The Morgan fingerprint density at radius 3 is 2.75 bits per heavy atom. The number of fused-ring (bicyclic) bond motifs is 1. The number of halogens is 1. The van der Waals surface area contributed by atoms with Crippen molar-refractivity contribution in [2.24, 2.45) is 0 Å². The van der Waals surface area contributed by atoms with Gasteiger partial charge in [-0.1, -0.05) is 48.9 Å². The molecule has 0 spiro atoms. The summed E-state index contributed by atoms with van der Waals surface area (Å²) in [6.07, 6.45) is 2.00. The molecule has 0 saturated heterocycles. The van der Waals surface area contributed by atoms with E-state index in [2.05, 4.69) is 29.4 Å². The predicted octanol–water partition coefficient (Wildman–Crippen LogP) is 5.40. The third-order valence-electron chi connectivity index (χ3n) is 4.12. The largest absolute Gasteiger partial charge is 0.449 e. The van der Waals surface area contributed by atoms with Gasteiger partial charge in [0, 0.05) is 16.9 Å². The van der Waals surface area contributed by atoms with Gasteiger partial charge >= 0.3 is 0 Å². The number of aromatic nitrogens is 2. The molecule has 1 aromatic carbocycles. The van der Waals surface area contributed by atoms with Crippen LogP contribution in [0.1, 0.15) is 53.7 Å². The predicted molar refractivity (Wildman–Crippen MR) is 97.1 cm³/mol. The Balaban J connectivity index is 1.86.